The van der Waals surface area contributed by atoms with Crippen molar-refractivity contribution in [1.82, 2.24) is 15.0 Å². The lowest BCUT2D eigenvalue weighted by Crippen LogP contribution is -2.14. The zero-order chi connectivity index (χ0) is 39.5. The minimum atomic E-state index is -0.142. The summed E-state index contributed by atoms with van der Waals surface area (Å²) in [5, 5.41) is 3.37. The van der Waals surface area contributed by atoms with Crippen LogP contribution in [0.3, 0.4) is 0 Å². The second kappa shape index (κ2) is 13.9. The third kappa shape index (κ3) is 5.94. The fourth-order valence-corrected chi connectivity index (χ4v) is 9.07. The molecule has 11 rings (SSSR count). The van der Waals surface area contributed by atoms with E-state index in [4.69, 9.17) is 15.0 Å². The van der Waals surface area contributed by atoms with Crippen LogP contribution in [0, 0.1) is 0 Å². The van der Waals surface area contributed by atoms with Gasteiger partial charge in [-0.3, -0.25) is 0 Å². The predicted octanol–water partition coefficient (Wildman–Crippen LogP) is 14.5. The van der Waals surface area contributed by atoms with Crippen LogP contribution in [-0.2, 0) is 5.41 Å². The summed E-state index contributed by atoms with van der Waals surface area (Å²) in [6, 6.07) is 71.3. The molecule has 278 valence electrons. The lowest BCUT2D eigenvalue weighted by Gasteiger charge is -2.22. The van der Waals surface area contributed by atoms with Crippen LogP contribution >= 0.6 is 0 Å². The van der Waals surface area contributed by atoms with Gasteiger partial charge >= 0.3 is 0 Å². The van der Waals surface area contributed by atoms with E-state index in [0.717, 1.165) is 72.1 Å². The third-order valence-electron chi connectivity index (χ3n) is 12.1. The van der Waals surface area contributed by atoms with E-state index in [1.54, 1.807) is 0 Å². The molecule has 0 atom stereocenters. The van der Waals surface area contributed by atoms with Gasteiger partial charge in [-0.1, -0.05) is 184 Å². The van der Waals surface area contributed by atoms with Gasteiger partial charge < -0.3 is 0 Å². The Bertz CT molecular complexity index is 3150. The Labute approximate surface area is 344 Å². The molecule has 1 aliphatic carbocycles. The molecular weight excluding hydrogens is 715 g/mol. The molecule has 2 heterocycles. The van der Waals surface area contributed by atoms with E-state index in [1.807, 2.05) is 12.1 Å². The second-order valence-electron chi connectivity index (χ2n) is 16.0. The van der Waals surface area contributed by atoms with E-state index in [1.165, 1.54) is 33.4 Å². The maximum Gasteiger partial charge on any atom is 0.161 e. The molecule has 3 nitrogen and oxygen atoms in total. The zero-order valence-electron chi connectivity index (χ0n) is 32.9. The summed E-state index contributed by atoms with van der Waals surface area (Å²) in [4.78, 5) is 15.9. The van der Waals surface area contributed by atoms with Gasteiger partial charge in [0, 0.05) is 33.1 Å². The van der Waals surface area contributed by atoms with Crippen LogP contribution in [0.1, 0.15) is 25.0 Å². The molecule has 0 spiro atoms. The highest BCUT2D eigenvalue weighted by molar-refractivity contribution is 6.10. The van der Waals surface area contributed by atoms with Crippen molar-refractivity contribution in [3.05, 3.63) is 211 Å². The van der Waals surface area contributed by atoms with Crippen LogP contribution in [0.25, 0.3) is 100 Å². The first-order chi connectivity index (χ1) is 29.0. The topological polar surface area (TPSA) is 38.7 Å². The largest absolute Gasteiger partial charge is 0.248 e. The van der Waals surface area contributed by atoms with Crippen LogP contribution in [0.15, 0.2) is 200 Å². The Morgan fingerprint density at radius 2 is 0.797 bits per heavy atom. The third-order valence-corrected chi connectivity index (χ3v) is 12.1. The quantitative estimate of drug-likeness (QED) is 0.170. The van der Waals surface area contributed by atoms with E-state index in [0.29, 0.717) is 5.82 Å². The molecule has 0 amide bonds. The monoisotopic (exact) mass is 753 g/mol. The Morgan fingerprint density at radius 3 is 1.46 bits per heavy atom. The summed E-state index contributed by atoms with van der Waals surface area (Å²) in [6.45, 7) is 4.67. The molecule has 1 aliphatic rings. The number of fused-ring (bicyclic) bond motifs is 5. The normalized spacial score (nSPS) is 12.7. The summed E-state index contributed by atoms with van der Waals surface area (Å²) >= 11 is 0. The van der Waals surface area contributed by atoms with Crippen molar-refractivity contribution in [1.29, 1.82) is 0 Å². The van der Waals surface area contributed by atoms with Gasteiger partial charge in [-0.15, -0.1) is 0 Å². The highest BCUT2D eigenvalue weighted by Gasteiger charge is 2.36. The van der Waals surface area contributed by atoms with Crippen molar-refractivity contribution in [2.24, 2.45) is 0 Å². The van der Waals surface area contributed by atoms with E-state index in [-0.39, 0.29) is 5.41 Å². The molecular formula is C56H39N3. The van der Waals surface area contributed by atoms with E-state index < -0.39 is 0 Å². The van der Waals surface area contributed by atoms with Crippen molar-refractivity contribution in [2.75, 3.05) is 0 Å². The highest BCUT2D eigenvalue weighted by atomic mass is 14.9. The van der Waals surface area contributed by atoms with Gasteiger partial charge in [-0.2, -0.15) is 0 Å². The average molecular weight is 754 g/mol. The van der Waals surface area contributed by atoms with Crippen LogP contribution in [0.5, 0.6) is 0 Å². The SMILES string of the molecule is CC1(C)c2ccccc2-c2cc3c(-c4ccc(-c5nc(-c6ccccc6)cc(-c6ccccc6)n5)c5ccccc45)cc(-c4ccc(-c5ccccc5)cc4)nc3cc21. The van der Waals surface area contributed by atoms with Gasteiger partial charge in [0.15, 0.2) is 5.82 Å². The van der Waals surface area contributed by atoms with Gasteiger partial charge in [0.1, 0.15) is 0 Å². The molecule has 0 N–H and O–H groups in total. The van der Waals surface area contributed by atoms with Gasteiger partial charge in [0.25, 0.3) is 0 Å². The molecule has 3 heteroatoms. The number of pyridine rings is 1. The highest BCUT2D eigenvalue weighted by Crippen LogP contribution is 2.51. The van der Waals surface area contributed by atoms with E-state index >= 15 is 0 Å². The molecule has 0 aliphatic heterocycles. The molecule has 0 radical (unpaired) electrons. The molecule has 0 saturated heterocycles. The first-order valence-electron chi connectivity index (χ1n) is 20.3. The zero-order valence-corrected chi connectivity index (χ0v) is 32.9. The molecule has 59 heavy (non-hydrogen) atoms. The molecule has 0 saturated carbocycles. The maximum atomic E-state index is 5.44. The Balaban J connectivity index is 1.14. The van der Waals surface area contributed by atoms with Crippen molar-refractivity contribution in [3.8, 4) is 78.5 Å². The molecule has 0 bridgehead atoms. The maximum absolute atomic E-state index is 5.44. The molecule has 10 aromatic rings. The van der Waals surface area contributed by atoms with Gasteiger partial charge in [-0.05, 0) is 85.6 Å². The van der Waals surface area contributed by atoms with Crippen LogP contribution < -0.4 is 0 Å². The molecule has 0 fully saturated rings. The number of hydrogen-bond donors (Lipinski definition) is 0. The Morgan fingerprint density at radius 1 is 0.305 bits per heavy atom. The van der Waals surface area contributed by atoms with Gasteiger partial charge in [0.05, 0.1) is 22.6 Å². The standard InChI is InChI=1S/C56H39N3/c1-56(2)49-25-15-14-24-44(49)47-32-48-46(33-51(57-54(48)34-50(47)56)40-28-26-37(27-29-40)36-16-6-3-7-17-36)43-30-31-45(42-23-13-12-22-41(42)43)55-58-52(38-18-8-4-9-19-38)35-53(59-55)39-20-10-5-11-21-39/h3-35H,1-2H3. The van der Waals surface area contributed by atoms with Crippen LogP contribution in [0.4, 0.5) is 0 Å². The summed E-state index contributed by atoms with van der Waals surface area (Å²) < 4.78 is 0. The Kier molecular flexibility index (Phi) is 8.16. The summed E-state index contributed by atoms with van der Waals surface area (Å²) in [7, 11) is 0. The van der Waals surface area contributed by atoms with Crippen molar-refractivity contribution < 1.29 is 0 Å². The second-order valence-corrected chi connectivity index (χ2v) is 16.0. The number of benzene rings is 8. The van der Waals surface area contributed by atoms with E-state index in [9.17, 15) is 0 Å². The average Bonchev–Trinajstić information content (AvgIpc) is 3.53. The first kappa shape index (κ1) is 34.7. The number of aromatic nitrogens is 3. The lowest BCUT2D eigenvalue weighted by atomic mass is 9.82. The van der Waals surface area contributed by atoms with Crippen molar-refractivity contribution >= 4 is 21.7 Å². The van der Waals surface area contributed by atoms with Gasteiger partial charge in [0.2, 0.25) is 0 Å². The Hall–Kier alpha value is -7.49. The lowest BCUT2D eigenvalue weighted by molar-refractivity contribution is 0.661. The number of rotatable bonds is 6. The molecule has 8 aromatic carbocycles. The number of hydrogen-bond acceptors (Lipinski definition) is 3. The smallest absolute Gasteiger partial charge is 0.161 e. The van der Waals surface area contributed by atoms with Crippen LogP contribution in [-0.4, -0.2) is 15.0 Å². The fourth-order valence-electron chi connectivity index (χ4n) is 9.07. The minimum Gasteiger partial charge on any atom is -0.248 e. The van der Waals surface area contributed by atoms with Gasteiger partial charge in [-0.25, -0.2) is 15.0 Å². The van der Waals surface area contributed by atoms with Crippen molar-refractivity contribution in [2.45, 2.75) is 19.3 Å². The van der Waals surface area contributed by atoms with Crippen LogP contribution in [0.2, 0.25) is 0 Å². The summed E-state index contributed by atoms with van der Waals surface area (Å²) in [5.41, 5.74) is 17.7. The predicted molar refractivity (Wildman–Crippen MR) is 245 cm³/mol. The molecule has 2 aromatic heterocycles. The minimum absolute atomic E-state index is 0.142. The summed E-state index contributed by atoms with van der Waals surface area (Å²) in [5.74, 6) is 0.698. The fraction of sp³-hybridized carbons (Fsp3) is 0.0536. The summed E-state index contributed by atoms with van der Waals surface area (Å²) in [6.07, 6.45) is 0. The first-order valence-corrected chi connectivity index (χ1v) is 20.3. The molecule has 0 unspecified atom stereocenters. The number of nitrogens with zero attached hydrogens (tertiary/aromatic N) is 3. The van der Waals surface area contributed by atoms with Crippen molar-refractivity contribution in [3.63, 3.8) is 0 Å². The van der Waals surface area contributed by atoms with E-state index in [2.05, 4.69) is 202 Å².